The highest BCUT2D eigenvalue weighted by molar-refractivity contribution is 6.29. The zero-order valence-electron chi connectivity index (χ0n) is 11.5. The molecule has 0 spiro atoms. The van der Waals surface area contributed by atoms with Crippen molar-refractivity contribution in [3.8, 4) is 5.75 Å². The second-order valence-electron chi connectivity index (χ2n) is 4.69. The summed E-state index contributed by atoms with van der Waals surface area (Å²) in [5.74, 6) is 0.779. The minimum Gasteiger partial charge on any atom is -0.488 e. The van der Waals surface area contributed by atoms with E-state index in [0.29, 0.717) is 11.6 Å². The number of hydrogen-bond donors (Lipinski definition) is 2. The molecule has 0 aromatic heterocycles. The first-order valence-electron chi connectivity index (χ1n) is 6.46. The molecule has 1 aromatic rings. The molecule has 0 aliphatic heterocycles. The topological polar surface area (TPSA) is 41.5 Å². The summed E-state index contributed by atoms with van der Waals surface area (Å²) in [6, 6.07) is 8.12. The van der Waals surface area contributed by atoms with Crippen LogP contribution in [0.25, 0.3) is 0 Å². The molecule has 106 valence electrons. The molecule has 1 aromatic carbocycles. The maximum Gasteiger partial charge on any atom is 0.123 e. The average molecular weight is 284 g/mol. The van der Waals surface area contributed by atoms with Crippen LogP contribution in [0.3, 0.4) is 0 Å². The first-order valence-corrected chi connectivity index (χ1v) is 6.84. The Bertz CT molecular complexity index is 390. The van der Waals surface area contributed by atoms with Crippen molar-refractivity contribution < 1.29 is 9.84 Å². The lowest BCUT2D eigenvalue weighted by atomic mass is 10.1. The van der Waals surface area contributed by atoms with Crippen molar-refractivity contribution in [2.45, 2.75) is 32.4 Å². The number of aliphatic hydroxyl groups excluding tert-OH is 1. The van der Waals surface area contributed by atoms with Gasteiger partial charge < -0.3 is 15.2 Å². The summed E-state index contributed by atoms with van der Waals surface area (Å²) in [5.41, 5.74) is 1.18. The smallest absolute Gasteiger partial charge is 0.123 e. The van der Waals surface area contributed by atoms with Crippen molar-refractivity contribution >= 4 is 11.6 Å². The van der Waals surface area contributed by atoms with Crippen molar-refractivity contribution in [2.75, 3.05) is 13.2 Å². The monoisotopic (exact) mass is 283 g/mol. The van der Waals surface area contributed by atoms with E-state index in [1.165, 1.54) is 5.56 Å². The molecule has 2 N–H and O–H groups in total. The summed E-state index contributed by atoms with van der Waals surface area (Å²) in [6.07, 6.45) is 0.489. The zero-order chi connectivity index (χ0) is 14.3. The van der Waals surface area contributed by atoms with Gasteiger partial charge in [0.15, 0.2) is 0 Å². The third kappa shape index (κ3) is 6.62. The Hall–Kier alpha value is -1.03. The average Bonchev–Trinajstić information content (AvgIpc) is 2.36. The Kier molecular flexibility index (Phi) is 6.92. The van der Waals surface area contributed by atoms with E-state index in [-0.39, 0.29) is 12.1 Å². The van der Waals surface area contributed by atoms with Crippen molar-refractivity contribution in [3.63, 3.8) is 0 Å². The highest BCUT2D eigenvalue weighted by atomic mass is 35.5. The van der Waals surface area contributed by atoms with Gasteiger partial charge in [-0.2, -0.15) is 0 Å². The number of rotatable bonds is 8. The van der Waals surface area contributed by atoms with Crippen LogP contribution >= 0.6 is 11.6 Å². The predicted octanol–water partition coefficient (Wildman–Crippen LogP) is 3.24. The summed E-state index contributed by atoms with van der Waals surface area (Å²) in [7, 11) is 0. The molecule has 3 nitrogen and oxygen atoms in total. The Morgan fingerprint density at radius 3 is 2.53 bits per heavy atom. The van der Waals surface area contributed by atoms with Gasteiger partial charge in [0.25, 0.3) is 0 Å². The highest BCUT2D eigenvalue weighted by Gasteiger charge is 2.05. The Labute approximate surface area is 120 Å². The second-order valence-corrected chi connectivity index (χ2v) is 5.22. The van der Waals surface area contributed by atoms with E-state index in [4.69, 9.17) is 16.3 Å². The van der Waals surface area contributed by atoms with Gasteiger partial charge in [-0.25, -0.2) is 0 Å². The van der Waals surface area contributed by atoms with Gasteiger partial charge in [0, 0.05) is 11.1 Å². The summed E-state index contributed by atoms with van der Waals surface area (Å²) < 4.78 is 5.43. The van der Waals surface area contributed by atoms with Gasteiger partial charge in [0.1, 0.15) is 12.4 Å². The molecular formula is C15H22ClNO2. The number of halogens is 1. The fourth-order valence-electron chi connectivity index (χ4n) is 1.64. The number of nitrogens with one attached hydrogen (secondary N) is 1. The third-order valence-corrected chi connectivity index (χ3v) is 2.90. The largest absolute Gasteiger partial charge is 0.488 e. The van der Waals surface area contributed by atoms with Crippen LogP contribution in [0, 0.1) is 0 Å². The maximum absolute atomic E-state index is 9.20. The summed E-state index contributed by atoms with van der Waals surface area (Å²) in [6.45, 7) is 8.58. The van der Waals surface area contributed by atoms with Crippen LogP contribution in [0.1, 0.15) is 31.9 Å². The molecule has 0 amide bonds. The van der Waals surface area contributed by atoms with E-state index in [1.54, 1.807) is 6.92 Å². The number of benzene rings is 1. The molecule has 0 heterocycles. The molecule has 0 aliphatic carbocycles. The lowest BCUT2D eigenvalue weighted by Crippen LogP contribution is -2.22. The third-order valence-electron chi connectivity index (χ3n) is 2.79. The van der Waals surface area contributed by atoms with Crippen molar-refractivity contribution in [3.05, 3.63) is 41.4 Å². The molecule has 4 heteroatoms. The molecular weight excluding hydrogens is 262 g/mol. The van der Waals surface area contributed by atoms with E-state index >= 15 is 0 Å². The summed E-state index contributed by atoms with van der Waals surface area (Å²) in [5, 5.41) is 13.0. The van der Waals surface area contributed by atoms with Crippen LogP contribution < -0.4 is 10.1 Å². The van der Waals surface area contributed by atoms with E-state index in [2.05, 4.69) is 18.8 Å². The van der Waals surface area contributed by atoms with Crippen molar-refractivity contribution in [1.29, 1.82) is 0 Å². The SMILES string of the molecule is C=C(Cl)COc1ccc(C(C)NCCC(C)O)cc1. The van der Waals surface area contributed by atoms with E-state index in [9.17, 15) is 5.11 Å². The zero-order valence-corrected chi connectivity index (χ0v) is 12.3. The van der Waals surface area contributed by atoms with E-state index in [0.717, 1.165) is 18.7 Å². The van der Waals surface area contributed by atoms with Crippen LogP contribution in [0.2, 0.25) is 0 Å². The minimum absolute atomic E-state index is 0.246. The van der Waals surface area contributed by atoms with Crippen LogP contribution in [0.15, 0.2) is 35.9 Å². The predicted molar refractivity (Wildman–Crippen MR) is 79.6 cm³/mol. The Morgan fingerprint density at radius 1 is 1.37 bits per heavy atom. The molecule has 0 aliphatic rings. The van der Waals surface area contributed by atoms with Gasteiger partial charge in [0.05, 0.1) is 6.10 Å². The lowest BCUT2D eigenvalue weighted by molar-refractivity contribution is 0.182. The maximum atomic E-state index is 9.20. The summed E-state index contributed by atoms with van der Waals surface area (Å²) in [4.78, 5) is 0. The summed E-state index contributed by atoms with van der Waals surface area (Å²) >= 11 is 5.64. The Morgan fingerprint density at radius 2 is 2.00 bits per heavy atom. The molecule has 2 atom stereocenters. The van der Waals surface area contributed by atoms with Gasteiger partial charge in [0.2, 0.25) is 0 Å². The first kappa shape index (κ1) is 16.0. The lowest BCUT2D eigenvalue weighted by Gasteiger charge is -2.15. The fraction of sp³-hybridized carbons (Fsp3) is 0.467. The Balaban J connectivity index is 2.43. The number of aliphatic hydroxyl groups is 1. The van der Waals surface area contributed by atoms with Gasteiger partial charge in [-0.15, -0.1) is 0 Å². The number of hydrogen-bond acceptors (Lipinski definition) is 3. The number of ether oxygens (including phenoxy) is 1. The first-order chi connectivity index (χ1) is 8.99. The molecule has 2 unspecified atom stereocenters. The molecule has 0 saturated heterocycles. The van der Waals surface area contributed by atoms with Gasteiger partial charge in [-0.3, -0.25) is 0 Å². The highest BCUT2D eigenvalue weighted by Crippen LogP contribution is 2.18. The van der Waals surface area contributed by atoms with E-state index in [1.807, 2.05) is 24.3 Å². The van der Waals surface area contributed by atoms with Crippen molar-refractivity contribution in [2.24, 2.45) is 0 Å². The fourth-order valence-corrected chi connectivity index (χ4v) is 1.70. The molecule has 0 fully saturated rings. The molecule has 0 saturated carbocycles. The second kappa shape index (κ2) is 8.20. The molecule has 0 bridgehead atoms. The molecule has 1 rings (SSSR count). The van der Waals surface area contributed by atoms with Gasteiger partial charge in [-0.1, -0.05) is 30.3 Å². The van der Waals surface area contributed by atoms with Gasteiger partial charge in [-0.05, 0) is 44.5 Å². The van der Waals surface area contributed by atoms with E-state index < -0.39 is 0 Å². The molecule has 19 heavy (non-hydrogen) atoms. The van der Waals surface area contributed by atoms with Crippen LogP contribution in [0.4, 0.5) is 0 Å². The van der Waals surface area contributed by atoms with Crippen molar-refractivity contribution in [1.82, 2.24) is 5.32 Å². The quantitative estimate of drug-likeness (QED) is 0.770. The van der Waals surface area contributed by atoms with Crippen LogP contribution in [0.5, 0.6) is 5.75 Å². The van der Waals surface area contributed by atoms with Gasteiger partial charge >= 0.3 is 0 Å². The minimum atomic E-state index is -0.265. The van der Waals surface area contributed by atoms with Crippen LogP contribution in [-0.4, -0.2) is 24.4 Å². The standard InChI is InChI=1S/C15H22ClNO2/c1-11(16)10-19-15-6-4-14(5-7-15)13(3)17-9-8-12(2)18/h4-7,12-13,17-18H,1,8-10H2,2-3H3. The normalized spacial score (nSPS) is 13.9. The van der Waals surface area contributed by atoms with Crippen LogP contribution in [-0.2, 0) is 0 Å². The molecule has 0 radical (unpaired) electrons.